The van der Waals surface area contributed by atoms with Crippen molar-refractivity contribution >= 4 is 17.7 Å². The van der Waals surface area contributed by atoms with Gasteiger partial charge in [0.2, 0.25) is 0 Å². The molecule has 1 atom stereocenters. The molecule has 0 bridgehead atoms. The van der Waals surface area contributed by atoms with E-state index in [4.69, 9.17) is 0 Å². The summed E-state index contributed by atoms with van der Waals surface area (Å²) in [6.45, 7) is 14.7. The number of nitrogens with zero attached hydrogens (tertiary/aromatic N) is 4. The monoisotopic (exact) mass is 506 g/mol. The Morgan fingerprint density at radius 2 is 1.92 bits per heavy atom. The van der Waals surface area contributed by atoms with Gasteiger partial charge in [-0.2, -0.15) is 0 Å². The summed E-state index contributed by atoms with van der Waals surface area (Å²) in [4.78, 5) is 33.3. The minimum absolute atomic E-state index is 0.00580. The Balaban J connectivity index is 1.75. The van der Waals surface area contributed by atoms with Crippen LogP contribution in [0.1, 0.15) is 75.1 Å². The maximum atomic E-state index is 14.4. The molecule has 0 N–H and O–H groups in total. The summed E-state index contributed by atoms with van der Waals surface area (Å²) in [5.41, 5.74) is 4.06. The highest BCUT2D eigenvalue weighted by Crippen LogP contribution is 2.37. The van der Waals surface area contributed by atoms with E-state index >= 15 is 0 Å². The van der Waals surface area contributed by atoms with Gasteiger partial charge in [0, 0.05) is 55.8 Å². The molecule has 0 unspecified atom stereocenters. The lowest BCUT2D eigenvalue weighted by Crippen LogP contribution is -2.52. The average Bonchev–Trinajstić information content (AvgIpc) is 3.20. The largest absolute Gasteiger partial charge is 0.336 e. The van der Waals surface area contributed by atoms with Crippen molar-refractivity contribution in [2.45, 2.75) is 72.4 Å². The standard InChI is InChI=1S/C30H39FN4O2/c1-7-34(20(4)5)30(37)27-14-24(31)10-11-25(27)26-13-22(18-35-21(6)32-15-29(26)35)23-16-33(17-23)28(19(2)3)9-8-12-36/h10-15,18-20,23,28H,7-9,16-17H2,1-6H3/t28-/m0/s1. The summed E-state index contributed by atoms with van der Waals surface area (Å²) in [6, 6.07) is 7.06. The Kier molecular flexibility index (Phi) is 8.12. The van der Waals surface area contributed by atoms with Gasteiger partial charge >= 0.3 is 0 Å². The Morgan fingerprint density at radius 1 is 1.19 bits per heavy atom. The van der Waals surface area contributed by atoms with E-state index in [9.17, 15) is 14.0 Å². The van der Waals surface area contributed by atoms with Crippen LogP contribution in [0.2, 0.25) is 0 Å². The van der Waals surface area contributed by atoms with Crippen molar-refractivity contribution in [2.24, 2.45) is 5.92 Å². The van der Waals surface area contributed by atoms with Gasteiger partial charge in [0.15, 0.2) is 0 Å². The number of halogens is 1. The van der Waals surface area contributed by atoms with Crippen molar-refractivity contribution in [3.05, 3.63) is 59.4 Å². The molecule has 1 saturated heterocycles. The van der Waals surface area contributed by atoms with Crippen LogP contribution in [0.25, 0.3) is 16.6 Å². The number of carbonyl (C=O) groups is 2. The van der Waals surface area contributed by atoms with Crippen LogP contribution >= 0.6 is 0 Å². The van der Waals surface area contributed by atoms with Crippen LogP contribution < -0.4 is 0 Å². The molecule has 0 spiro atoms. The number of imidazole rings is 1. The molecule has 7 heteroatoms. The molecule has 4 rings (SSSR count). The van der Waals surface area contributed by atoms with E-state index in [0.29, 0.717) is 36.4 Å². The third-order valence-corrected chi connectivity index (χ3v) is 7.77. The molecule has 1 aliphatic heterocycles. The number of pyridine rings is 1. The summed E-state index contributed by atoms with van der Waals surface area (Å²) in [5.74, 6) is 1.09. The number of hydrogen-bond acceptors (Lipinski definition) is 4. The second kappa shape index (κ2) is 11.1. The maximum Gasteiger partial charge on any atom is 0.254 e. The SMILES string of the molecule is CCN(C(=O)c1cc(F)ccc1-c1cc(C2CN([C@@H](CCC=O)C(C)C)C2)cn2c(C)ncc12)C(C)C. The lowest BCUT2D eigenvalue weighted by molar-refractivity contribution is -0.108. The molecule has 3 aromatic rings. The van der Waals surface area contributed by atoms with Crippen molar-refractivity contribution in [3.63, 3.8) is 0 Å². The van der Waals surface area contributed by atoms with Crippen LogP contribution in [0.15, 0.2) is 36.7 Å². The zero-order valence-electron chi connectivity index (χ0n) is 22.9. The van der Waals surface area contributed by atoms with Crippen LogP contribution in [0.5, 0.6) is 0 Å². The topological polar surface area (TPSA) is 57.9 Å². The molecule has 6 nitrogen and oxygen atoms in total. The minimum atomic E-state index is -0.423. The number of likely N-dealkylation sites (tertiary alicyclic amines) is 1. The van der Waals surface area contributed by atoms with E-state index in [1.165, 1.54) is 17.7 Å². The molecular weight excluding hydrogens is 467 g/mol. The fourth-order valence-electron chi connectivity index (χ4n) is 5.68. The summed E-state index contributed by atoms with van der Waals surface area (Å²) in [7, 11) is 0. The molecular formula is C30H39FN4O2. The van der Waals surface area contributed by atoms with E-state index in [-0.39, 0.29) is 11.9 Å². The van der Waals surface area contributed by atoms with Crippen LogP contribution in [0, 0.1) is 18.7 Å². The van der Waals surface area contributed by atoms with Gasteiger partial charge in [0.25, 0.3) is 5.91 Å². The van der Waals surface area contributed by atoms with Crippen LogP contribution in [0.3, 0.4) is 0 Å². The van der Waals surface area contributed by atoms with Crippen LogP contribution in [-0.4, -0.2) is 63.1 Å². The van der Waals surface area contributed by atoms with Gasteiger partial charge in [-0.05, 0) is 69.4 Å². The first-order chi connectivity index (χ1) is 17.7. The fraction of sp³-hybridized carbons (Fsp3) is 0.500. The Hall–Kier alpha value is -3.06. The number of aromatic nitrogens is 2. The number of carbonyl (C=O) groups excluding carboxylic acids is 2. The summed E-state index contributed by atoms with van der Waals surface area (Å²) < 4.78 is 16.5. The molecule has 3 heterocycles. The Labute approximate surface area is 219 Å². The number of aryl methyl sites for hydroxylation is 1. The van der Waals surface area contributed by atoms with Crippen molar-refractivity contribution in [1.29, 1.82) is 0 Å². The fourth-order valence-corrected chi connectivity index (χ4v) is 5.68. The van der Waals surface area contributed by atoms with E-state index < -0.39 is 5.82 Å². The molecule has 1 aromatic carbocycles. The number of aldehydes is 1. The predicted octanol–water partition coefficient (Wildman–Crippen LogP) is 5.72. The highest BCUT2D eigenvalue weighted by molar-refractivity contribution is 6.03. The smallest absolute Gasteiger partial charge is 0.254 e. The normalized spacial score (nSPS) is 15.4. The highest BCUT2D eigenvalue weighted by Gasteiger charge is 2.35. The number of hydrogen-bond donors (Lipinski definition) is 0. The number of fused-ring (bicyclic) bond motifs is 1. The van der Waals surface area contributed by atoms with Crippen molar-refractivity contribution < 1.29 is 14.0 Å². The third-order valence-electron chi connectivity index (χ3n) is 7.77. The molecule has 1 aliphatic rings. The lowest BCUT2D eigenvalue weighted by atomic mass is 9.85. The molecule has 2 aromatic heterocycles. The van der Waals surface area contributed by atoms with E-state index in [1.807, 2.05) is 33.9 Å². The summed E-state index contributed by atoms with van der Waals surface area (Å²) >= 11 is 0. The van der Waals surface area contributed by atoms with E-state index in [0.717, 1.165) is 48.3 Å². The number of benzene rings is 1. The average molecular weight is 507 g/mol. The third kappa shape index (κ3) is 5.33. The molecule has 198 valence electrons. The molecule has 1 fully saturated rings. The quantitative estimate of drug-likeness (QED) is 0.330. The van der Waals surface area contributed by atoms with Crippen molar-refractivity contribution in [3.8, 4) is 11.1 Å². The molecule has 0 aliphatic carbocycles. The predicted molar refractivity (Wildman–Crippen MR) is 145 cm³/mol. The molecule has 1 amide bonds. The Morgan fingerprint density at radius 3 is 2.54 bits per heavy atom. The highest BCUT2D eigenvalue weighted by atomic mass is 19.1. The number of amides is 1. The van der Waals surface area contributed by atoms with Gasteiger partial charge in [0.1, 0.15) is 17.9 Å². The molecule has 0 radical (unpaired) electrons. The van der Waals surface area contributed by atoms with Gasteiger partial charge in [-0.15, -0.1) is 0 Å². The van der Waals surface area contributed by atoms with Crippen LogP contribution in [0.4, 0.5) is 4.39 Å². The van der Waals surface area contributed by atoms with E-state index in [1.54, 1.807) is 11.0 Å². The van der Waals surface area contributed by atoms with Crippen LogP contribution in [-0.2, 0) is 4.79 Å². The van der Waals surface area contributed by atoms with Gasteiger partial charge in [-0.3, -0.25) is 9.69 Å². The first-order valence-corrected chi connectivity index (χ1v) is 13.4. The second-order valence-electron chi connectivity index (χ2n) is 10.8. The zero-order chi connectivity index (χ0) is 26.9. The Bertz CT molecular complexity index is 1280. The number of rotatable bonds is 10. The summed E-state index contributed by atoms with van der Waals surface area (Å²) in [5, 5.41) is 0. The van der Waals surface area contributed by atoms with Crippen molar-refractivity contribution in [1.82, 2.24) is 19.2 Å². The molecule has 37 heavy (non-hydrogen) atoms. The molecule has 0 saturated carbocycles. The van der Waals surface area contributed by atoms with Gasteiger partial charge < -0.3 is 14.1 Å². The lowest BCUT2D eigenvalue weighted by Gasteiger charge is -2.46. The van der Waals surface area contributed by atoms with Gasteiger partial charge in [0.05, 0.1) is 17.3 Å². The van der Waals surface area contributed by atoms with E-state index in [2.05, 4.69) is 40.4 Å². The first kappa shape index (κ1) is 27.0. The minimum Gasteiger partial charge on any atom is -0.336 e. The summed E-state index contributed by atoms with van der Waals surface area (Å²) in [6.07, 6.45) is 6.45. The maximum absolute atomic E-state index is 14.4. The second-order valence-corrected chi connectivity index (χ2v) is 10.8. The van der Waals surface area contributed by atoms with Crippen molar-refractivity contribution in [2.75, 3.05) is 19.6 Å². The van der Waals surface area contributed by atoms with Gasteiger partial charge in [-0.1, -0.05) is 19.9 Å². The van der Waals surface area contributed by atoms with Gasteiger partial charge in [-0.25, -0.2) is 9.37 Å². The zero-order valence-corrected chi connectivity index (χ0v) is 22.9. The first-order valence-electron chi connectivity index (χ1n) is 13.4.